The Morgan fingerprint density at radius 1 is 1.35 bits per heavy atom. The number of piperidine rings is 1. The van der Waals surface area contributed by atoms with Gasteiger partial charge in [0.1, 0.15) is 0 Å². The summed E-state index contributed by atoms with van der Waals surface area (Å²) in [6.07, 6.45) is 1.74. The van der Waals surface area contributed by atoms with Crippen LogP contribution in [-0.4, -0.2) is 47.7 Å². The Balaban J connectivity index is 2.86. The predicted octanol–water partition coefficient (Wildman–Crippen LogP) is 1.67. The number of nitrogens with one attached hydrogen (secondary N) is 1. The summed E-state index contributed by atoms with van der Waals surface area (Å²) in [5.74, 6) is 0.408. The molecule has 20 heavy (non-hydrogen) atoms. The van der Waals surface area contributed by atoms with Gasteiger partial charge in [0.15, 0.2) is 5.40 Å². The number of rotatable bonds is 8. The zero-order valence-corrected chi connectivity index (χ0v) is 14.2. The molecule has 0 aromatic carbocycles. The summed E-state index contributed by atoms with van der Waals surface area (Å²) in [5.41, 5.74) is 0. The van der Waals surface area contributed by atoms with Crippen LogP contribution in [0.25, 0.3) is 0 Å². The number of hydrogen-bond donors (Lipinski definition) is 4. The molecule has 0 amide bonds. The van der Waals surface area contributed by atoms with E-state index < -0.39 is 20.6 Å². The summed E-state index contributed by atoms with van der Waals surface area (Å²) in [6, 6.07) is 0. The van der Waals surface area contributed by atoms with Crippen molar-refractivity contribution in [3.05, 3.63) is 0 Å². The van der Waals surface area contributed by atoms with E-state index in [0.29, 0.717) is 5.75 Å². The van der Waals surface area contributed by atoms with Gasteiger partial charge in [0.2, 0.25) is 0 Å². The zero-order chi connectivity index (χ0) is 15.2. The van der Waals surface area contributed by atoms with E-state index in [1.54, 1.807) is 0 Å². The third kappa shape index (κ3) is 5.43. The van der Waals surface area contributed by atoms with Gasteiger partial charge in [0.25, 0.3) is 0 Å². The molecule has 2 unspecified atom stereocenters. The van der Waals surface area contributed by atoms with Crippen LogP contribution < -0.4 is 5.32 Å². The fourth-order valence-corrected chi connectivity index (χ4v) is 6.48. The van der Waals surface area contributed by atoms with Crippen molar-refractivity contribution < 1.29 is 28.0 Å². The van der Waals surface area contributed by atoms with Gasteiger partial charge in [-0.2, -0.15) is 12.6 Å². The molecule has 7 nitrogen and oxygen atoms in total. The largest absolute Gasteiger partial charge is 0.345 e. The molecule has 0 aromatic rings. The smallest absolute Gasteiger partial charge is 0.324 e. The topological polar surface area (TPSA) is 105 Å². The van der Waals surface area contributed by atoms with E-state index in [2.05, 4.69) is 17.9 Å². The summed E-state index contributed by atoms with van der Waals surface area (Å²) in [4.78, 5) is 19.0. The molecule has 0 aromatic heterocycles. The third-order valence-corrected chi connectivity index (χ3v) is 8.29. The van der Waals surface area contributed by atoms with E-state index in [9.17, 15) is 18.9 Å². The number of thiol groups is 1. The molecular formula is C10H23NO6P2S. The van der Waals surface area contributed by atoms with Crippen molar-refractivity contribution in [2.24, 2.45) is 5.92 Å². The van der Waals surface area contributed by atoms with Crippen LogP contribution in [0.4, 0.5) is 0 Å². The van der Waals surface area contributed by atoms with Crippen molar-refractivity contribution in [1.82, 2.24) is 5.32 Å². The molecule has 1 aliphatic rings. The van der Waals surface area contributed by atoms with Crippen LogP contribution in [0.5, 0.6) is 0 Å². The Kier molecular flexibility index (Phi) is 7.74. The summed E-state index contributed by atoms with van der Waals surface area (Å²) >= 11 is 3.94. The van der Waals surface area contributed by atoms with Crippen molar-refractivity contribution in [2.45, 2.75) is 24.7 Å². The van der Waals surface area contributed by atoms with Crippen LogP contribution in [0.2, 0.25) is 0 Å². The minimum Gasteiger partial charge on any atom is -0.324 e. The minimum absolute atomic E-state index is 0.0248. The molecule has 120 valence electrons. The van der Waals surface area contributed by atoms with E-state index >= 15 is 0 Å². The quantitative estimate of drug-likeness (QED) is 0.391. The maximum absolute atomic E-state index is 12.6. The van der Waals surface area contributed by atoms with E-state index in [0.717, 1.165) is 33.0 Å². The summed E-state index contributed by atoms with van der Waals surface area (Å²) < 4.78 is 34.2. The van der Waals surface area contributed by atoms with Crippen molar-refractivity contribution in [3.8, 4) is 0 Å². The van der Waals surface area contributed by atoms with Gasteiger partial charge in [-0.3, -0.25) is 9.13 Å². The average Bonchev–Trinajstić information content (AvgIpc) is 2.42. The Morgan fingerprint density at radius 2 is 1.95 bits per heavy atom. The molecule has 0 saturated carbocycles. The highest BCUT2D eigenvalue weighted by molar-refractivity contribution is 7.80. The van der Waals surface area contributed by atoms with Gasteiger partial charge in [0, 0.05) is 12.9 Å². The Morgan fingerprint density at radius 3 is 2.40 bits per heavy atom. The van der Waals surface area contributed by atoms with Crippen molar-refractivity contribution in [2.75, 3.05) is 32.6 Å². The first-order valence-corrected chi connectivity index (χ1v) is 10.4. The van der Waals surface area contributed by atoms with E-state index in [-0.39, 0.29) is 18.9 Å². The summed E-state index contributed by atoms with van der Waals surface area (Å²) in [5, 5.41) is 1.78. The first-order chi connectivity index (χ1) is 9.33. The molecule has 0 radical (unpaired) electrons. The second kappa shape index (κ2) is 8.30. The molecule has 1 saturated heterocycles. The normalized spacial score (nSPS) is 22.4. The minimum atomic E-state index is -4.58. The molecule has 1 rings (SSSR count). The molecular weight excluding hydrogens is 324 g/mol. The Hall–Kier alpha value is 0.610. The van der Waals surface area contributed by atoms with E-state index in [4.69, 9.17) is 9.05 Å². The highest BCUT2D eigenvalue weighted by Gasteiger charge is 2.47. The van der Waals surface area contributed by atoms with Crippen molar-refractivity contribution >= 4 is 27.8 Å². The first kappa shape index (κ1) is 18.7. The molecule has 0 bridgehead atoms. The highest BCUT2D eigenvalue weighted by atomic mass is 32.1. The van der Waals surface area contributed by atoms with Gasteiger partial charge < -0.3 is 24.2 Å². The van der Waals surface area contributed by atoms with E-state index in [1.807, 2.05) is 0 Å². The van der Waals surface area contributed by atoms with Crippen molar-refractivity contribution in [3.63, 3.8) is 0 Å². The van der Waals surface area contributed by atoms with Gasteiger partial charge in [-0.1, -0.05) is 0 Å². The molecule has 10 heteroatoms. The highest BCUT2D eigenvalue weighted by Crippen LogP contribution is 2.67. The maximum atomic E-state index is 12.6. The molecule has 1 heterocycles. The monoisotopic (exact) mass is 347 g/mol. The lowest BCUT2D eigenvalue weighted by Crippen LogP contribution is -2.30. The fourth-order valence-electron chi connectivity index (χ4n) is 2.29. The molecule has 3 N–H and O–H groups in total. The maximum Gasteiger partial charge on any atom is 0.345 e. The lowest BCUT2D eigenvalue weighted by atomic mass is 9.95. The molecule has 1 aliphatic heterocycles. The Bertz CT molecular complexity index is 384. The van der Waals surface area contributed by atoms with Gasteiger partial charge in [0.05, 0.1) is 6.61 Å². The van der Waals surface area contributed by atoms with Gasteiger partial charge in [-0.15, -0.1) is 0 Å². The Labute approximate surface area is 124 Å². The SMILES string of the molecule is COP(=O)(OCCS)C(CC1CCNCC1)P(=O)(O)O. The van der Waals surface area contributed by atoms with Crippen LogP contribution >= 0.6 is 27.8 Å². The number of hydrogen-bond acceptors (Lipinski definition) is 6. The predicted molar refractivity (Wildman–Crippen MR) is 80.5 cm³/mol. The zero-order valence-electron chi connectivity index (χ0n) is 11.5. The first-order valence-electron chi connectivity index (χ1n) is 6.50. The summed E-state index contributed by atoms with van der Waals surface area (Å²) in [6.45, 7) is 1.62. The fraction of sp³-hybridized carbons (Fsp3) is 1.00. The summed E-state index contributed by atoms with van der Waals surface area (Å²) in [7, 11) is -7.27. The third-order valence-electron chi connectivity index (χ3n) is 3.37. The van der Waals surface area contributed by atoms with E-state index in [1.165, 1.54) is 0 Å². The van der Waals surface area contributed by atoms with Gasteiger partial charge >= 0.3 is 15.2 Å². The molecule has 1 fully saturated rings. The van der Waals surface area contributed by atoms with Crippen LogP contribution in [-0.2, 0) is 18.2 Å². The van der Waals surface area contributed by atoms with Crippen LogP contribution in [0.1, 0.15) is 19.3 Å². The van der Waals surface area contributed by atoms with Crippen molar-refractivity contribution in [1.29, 1.82) is 0 Å². The van der Waals surface area contributed by atoms with Crippen LogP contribution in [0.3, 0.4) is 0 Å². The molecule has 0 aliphatic carbocycles. The lowest BCUT2D eigenvalue weighted by molar-refractivity contribution is 0.231. The lowest BCUT2D eigenvalue weighted by Gasteiger charge is -2.30. The average molecular weight is 347 g/mol. The van der Waals surface area contributed by atoms with Gasteiger partial charge in [-0.25, -0.2) is 0 Å². The second-order valence-corrected chi connectivity index (χ2v) is 9.76. The van der Waals surface area contributed by atoms with Gasteiger partial charge in [-0.05, 0) is 38.3 Å². The second-order valence-electron chi connectivity index (χ2n) is 4.78. The van der Waals surface area contributed by atoms with Crippen LogP contribution in [0.15, 0.2) is 0 Å². The van der Waals surface area contributed by atoms with Crippen LogP contribution in [0, 0.1) is 5.92 Å². The standard InChI is InChI=1S/C10H23NO6P2S/c1-16-19(15,17-6-7-20)10(18(12,13)14)8-9-2-4-11-5-3-9/h9-11,20H,2-8H2,1H3,(H2,12,13,14). The molecule has 2 atom stereocenters. The molecule has 0 spiro atoms.